The summed E-state index contributed by atoms with van der Waals surface area (Å²) in [4.78, 5) is 11.1. The Morgan fingerprint density at radius 2 is 2.05 bits per heavy atom. The van der Waals surface area contributed by atoms with Gasteiger partial charge >= 0.3 is 0 Å². The number of rotatable bonds is 2. The zero-order chi connectivity index (χ0) is 14.2. The van der Waals surface area contributed by atoms with Crippen molar-refractivity contribution < 1.29 is 0 Å². The van der Waals surface area contributed by atoms with Gasteiger partial charge in [-0.1, -0.05) is 12.1 Å². The molecule has 0 aliphatic carbocycles. The molecule has 0 saturated carbocycles. The van der Waals surface area contributed by atoms with Crippen molar-refractivity contribution in [1.82, 2.24) is 24.7 Å². The van der Waals surface area contributed by atoms with E-state index < -0.39 is 0 Å². The van der Waals surface area contributed by atoms with E-state index in [-0.39, 0.29) is 0 Å². The number of para-hydroxylation sites is 1. The van der Waals surface area contributed by atoms with Crippen LogP contribution < -0.4 is 16.2 Å². The molecule has 0 saturated heterocycles. The van der Waals surface area contributed by atoms with Crippen molar-refractivity contribution in [1.29, 1.82) is 0 Å². The molecule has 0 radical (unpaired) electrons. The summed E-state index contributed by atoms with van der Waals surface area (Å²) in [6.07, 6.45) is 1.76. The van der Waals surface area contributed by atoms with E-state index in [2.05, 4.69) is 35.1 Å². The van der Waals surface area contributed by atoms with Crippen LogP contribution in [-0.2, 0) is 13.1 Å². The summed E-state index contributed by atoms with van der Waals surface area (Å²) >= 11 is 0. The molecule has 21 heavy (non-hydrogen) atoms. The summed E-state index contributed by atoms with van der Waals surface area (Å²) in [5.41, 5.74) is 3.39. The molecule has 1 aliphatic rings. The van der Waals surface area contributed by atoms with Crippen LogP contribution in [0, 0.1) is 0 Å². The van der Waals surface area contributed by atoms with Gasteiger partial charge in [0.15, 0.2) is 5.82 Å². The molecule has 0 bridgehead atoms. The molecule has 4 rings (SSSR count). The van der Waals surface area contributed by atoms with Crippen LogP contribution in [0.5, 0.6) is 0 Å². The zero-order valence-electron chi connectivity index (χ0n) is 11.3. The van der Waals surface area contributed by atoms with Crippen LogP contribution in [0.1, 0.15) is 5.82 Å². The molecule has 1 aromatic carbocycles. The van der Waals surface area contributed by atoms with Gasteiger partial charge in [0.05, 0.1) is 12.1 Å². The van der Waals surface area contributed by atoms with Gasteiger partial charge in [0.2, 0.25) is 5.95 Å². The molecule has 106 valence electrons. The molecule has 2 aromatic heterocycles. The Bertz CT molecular complexity index is 796. The Kier molecular flexibility index (Phi) is 2.68. The fraction of sp³-hybridized carbons (Fsp3) is 0.231. The smallest absolute Gasteiger partial charge is 0.239 e. The van der Waals surface area contributed by atoms with E-state index >= 15 is 0 Å². The molecule has 0 spiro atoms. The van der Waals surface area contributed by atoms with Crippen molar-refractivity contribution in [2.24, 2.45) is 5.84 Å². The molecule has 0 fully saturated rings. The zero-order valence-corrected chi connectivity index (χ0v) is 11.3. The van der Waals surface area contributed by atoms with Crippen LogP contribution >= 0.6 is 0 Å². The van der Waals surface area contributed by atoms with Crippen LogP contribution in [0.3, 0.4) is 0 Å². The molecule has 8 heteroatoms. The highest BCUT2D eigenvalue weighted by molar-refractivity contribution is 5.90. The predicted molar refractivity (Wildman–Crippen MR) is 78.4 cm³/mol. The number of hydrazine groups is 1. The van der Waals surface area contributed by atoms with Crippen LogP contribution in [0.4, 0.5) is 11.8 Å². The molecule has 1 aliphatic heterocycles. The van der Waals surface area contributed by atoms with Gasteiger partial charge in [-0.05, 0) is 12.1 Å². The van der Waals surface area contributed by atoms with Gasteiger partial charge in [0.1, 0.15) is 12.1 Å². The summed E-state index contributed by atoms with van der Waals surface area (Å²) in [5, 5.41) is 9.10. The number of hydrogen-bond acceptors (Lipinski definition) is 7. The lowest BCUT2D eigenvalue weighted by molar-refractivity contribution is 0.557. The van der Waals surface area contributed by atoms with Gasteiger partial charge in [0.25, 0.3) is 0 Å². The summed E-state index contributed by atoms with van der Waals surface area (Å²) < 4.78 is 2.06. The highest BCUT2D eigenvalue weighted by atomic mass is 15.4. The molecule has 3 aromatic rings. The molecule has 0 atom stereocenters. The van der Waals surface area contributed by atoms with Crippen LogP contribution in [-0.4, -0.2) is 31.3 Å². The number of fused-ring (bicyclic) bond motifs is 2. The summed E-state index contributed by atoms with van der Waals surface area (Å²) in [6.45, 7) is 2.35. The fourth-order valence-corrected chi connectivity index (χ4v) is 2.61. The van der Waals surface area contributed by atoms with E-state index in [1.54, 1.807) is 6.33 Å². The van der Waals surface area contributed by atoms with Gasteiger partial charge in [-0.3, -0.25) is 5.43 Å². The van der Waals surface area contributed by atoms with Crippen molar-refractivity contribution in [3.63, 3.8) is 0 Å². The number of hydrogen-bond donors (Lipinski definition) is 2. The normalized spacial score (nSPS) is 14.2. The van der Waals surface area contributed by atoms with Crippen molar-refractivity contribution >= 4 is 22.7 Å². The SMILES string of the molecule is NNc1nc(N2CCn3cnnc3C2)c2ccccc2n1. The van der Waals surface area contributed by atoms with Crippen molar-refractivity contribution in [2.45, 2.75) is 13.1 Å². The fourth-order valence-electron chi connectivity index (χ4n) is 2.61. The molecule has 3 N–H and O–H groups in total. The standard InChI is InChI=1S/C13H14N8/c14-18-13-16-10-4-2-1-3-9(10)12(17-13)20-5-6-21-8-15-19-11(21)7-20/h1-4,8H,5-7,14H2,(H,16,17,18). The van der Waals surface area contributed by atoms with E-state index in [9.17, 15) is 0 Å². The van der Waals surface area contributed by atoms with E-state index in [0.29, 0.717) is 12.5 Å². The third-order valence-electron chi connectivity index (χ3n) is 3.65. The Hall–Kier alpha value is -2.74. The first-order chi connectivity index (χ1) is 10.3. The second kappa shape index (κ2) is 4.67. The van der Waals surface area contributed by atoms with Gasteiger partial charge in [-0.2, -0.15) is 4.98 Å². The second-order valence-electron chi connectivity index (χ2n) is 4.89. The molecular formula is C13H14N8. The Morgan fingerprint density at radius 3 is 2.95 bits per heavy atom. The maximum atomic E-state index is 5.48. The molecule has 0 unspecified atom stereocenters. The van der Waals surface area contributed by atoms with Crippen LogP contribution in [0.25, 0.3) is 10.9 Å². The van der Waals surface area contributed by atoms with Crippen molar-refractivity contribution in [3.05, 3.63) is 36.4 Å². The first-order valence-corrected chi connectivity index (χ1v) is 6.70. The quantitative estimate of drug-likeness (QED) is 0.522. The summed E-state index contributed by atoms with van der Waals surface area (Å²) in [6, 6.07) is 7.90. The Morgan fingerprint density at radius 1 is 1.14 bits per heavy atom. The number of aromatic nitrogens is 5. The lowest BCUT2D eigenvalue weighted by Crippen LogP contribution is -2.34. The highest BCUT2D eigenvalue weighted by Crippen LogP contribution is 2.27. The first-order valence-electron chi connectivity index (χ1n) is 6.70. The molecule has 3 heterocycles. The monoisotopic (exact) mass is 282 g/mol. The van der Waals surface area contributed by atoms with Crippen LogP contribution in [0.2, 0.25) is 0 Å². The maximum Gasteiger partial charge on any atom is 0.239 e. The Balaban J connectivity index is 1.83. The average molecular weight is 282 g/mol. The third-order valence-corrected chi connectivity index (χ3v) is 3.65. The minimum atomic E-state index is 0.413. The van der Waals surface area contributed by atoms with Crippen molar-refractivity contribution in [2.75, 3.05) is 16.9 Å². The lowest BCUT2D eigenvalue weighted by atomic mass is 10.2. The van der Waals surface area contributed by atoms with E-state index in [4.69, 9.17) is 5.84 Å². The molecule has 8 nitrogen and oxygen atoms in total. The minimum absolute atomic E-state index is 0.413. The third kappa shape index (κ3) is 1.96. The van der Waals surface area contributed by atoms with E-state index in [0.717, 1.165) is 35.6 Å². The predicted octanol–water partition coefficient (Wildman–Crippen LogP) is 0.527. The number of nitrogens with two attached hydrogens (primary N) is 1. The minimum Gasteiger partial charge on any atom is -0.347 e. The highest BCUT2D eigenvalue weighted by Gasteiger charge is 2.21. The van der Waals surface area contributed by atoms with Gasteiger partial charge in [-0.25, -0.2) is 10.8 Å². The van der Waals surface area contributed by atoms with Crippen LogP contribution in [0.15, 0.2) is 30.6 Å². The number of benzene rings is 1. The number of anilines is 2. The maximum absolute atomic E-state index is 5.48. The van der Waals surface area contributed by atoms with Crippen molar-refractivity contribution in [3.8, 4) is 0 Å². The first kappa shape index (κ1) is 12.0. The molecular weight excluding hydrogens is 268 g/mol. The van der Waals surface area contributed by atoms with Gasteiger partial charge in [0, 0.05) is 18.5 Å². The number of nitrogens with zero attached hydrogens (tertiary/aromatic N) is 6. The van der Waals surface area contributed by atoms with Gasteiger partial charge in [-0.15, -0.1) is 10.2 Å². The van der Waals surface area contributed by atoms with E-state index in [1.807, 2.05) is 24.3 Å². The number of nitrogen functional groups attached to an aromatic ring is 1. The lowest BCUT2D eigenvalue weighted by Gasteiger charge is -2.29. The Labute approximate surface area is 120 Å². The summed E-state index contributed by atoms with van der Waals surface area (Å²) in [7, 11) is 0. The van der Waals surface area contributed by atoms with E-state index in [1.165, 1.54) is 0 Å². The second-order valence-corrected chi connectivity index (χ2v) is 4.89. The summed E-state index contributed by atoms with van der Waals surface area (Å²) in [5.74, 6) is 7.69. The molecule has 0 amide bonds. The average Bonchev–Trinajstić information content (AvgIpc) is 3.01. The number of nitrogens with one attached hydrogen (secondary N) is 1. The largest absolute Gasteiger partial charge is 0.347 e. The van der Waals surface area contributed by atoms with Gasteiger partial charge < -0.3 is 9.47 Å². The topological polar surface area (TPSA) is 97.8 Å².